The van der Waals surface area contributed by atoms with E-state index in [2.05, 4.69) is 0 Å². The predicted octanol–water partition coefficient (Wildman–Crippen LogP) is 2.24. The molecule has 0 radical (unpaired) electrons. The third-order valence-corrected chi connectivity index (χ3v) is 2.67. The minimum Gasteiger partial charge on any atom is -0.493 e. The molecule has 0 saturated carbocycles. The van der Waals surface area contributed by atoms with Crippen molar-refractivity contribution in [3.05, 3.63) is 18.2 Å². The maximum atomic E-state index is 9.91. The highest BCUT2D eigenvalue weighted by Gasteiger charge is 2.21. The summed E-state index contributed by atoms with van der Waals surface area (Å²) in [7, 11) is 3.14. The fourth-order valence-electron chi connectivity index (χ4n) is 1.29. The van der Waals surface area contributed by atoms with Gasteiger partial charge in [-0.05, 0) is 25.5 Å². The van der Waals surface area contributed by atoms with Crippen LogP contribution in [0, 0.1) is 0 Å². The molecule has 0 aromatic heterocycles. The number of para-hydroxylation sites is 1. The first-order chi connectivity index (χ1) is 8.04. The van der Waals surface area contributed by atoms with Crippen molar-refractivity contribution < 1.29 is 19.3 Å². The molecule has 4 nitrogen and oxygen atoms in total. The van der Waals surface area contributed by atoms with Crippen LogP contribution in [0.2, 0.25) is 0 Å². The third-order valence-electron chi connectivity index (χ3n) is 2.67. The van der Waals surface area contributed by atoms with E-state index in [0.717, 1.165) is 0 Å². The van der Waals surface area contributed by atoms with Gasteiger partial charge in [-0.3, -0.25) is 0 Å². The molecule has 0 fully saturated rings. The summed E-state index contributed by atoms with van der Waals surface area (Å²) in [6.45, 7) is 3.83. The molecule has 1 aromatic carbocycles. The molecule has 1 aromatic rings. The van der Waals surface area contributed by atoms with Gasteiger partial charge in [0.15, 0.2) is 11.5 Å². The highest BCUT2D eigenvalue weighted by molar-refractivity contribution is 5.51. The second kappa shape index (κ2) is 5.77. The summed E-state index contributed by atoms with van der Waals surface area (Å²) in [4.78, 5) is 0. The highest BCUT2D eigenvalue weighted by atomic mass is 16.5. The van der Waals surface area contributed by atoms with Crippen LogP contribution < -0.4 is 14.2 Å². The van der Waals surface area contributed by atoms with Gasteiger partial charge in [-0.1, -0.05) is 13.0 Å². The normalized spacial score (nSPS) is 13.9. The van der Waals surface area contributed by atoms with E-state index in [1.807, 2.05) is 13.0 Å². The van der Waals surface area contributed by atoms with Gasteiger partial charge >= 0.3 is 0 Å². The Morgan fingerprint density at radius 3 is 2.12 bits per heavy atom. The van der Waals surface area contributed by atoms with Crippen LogP contribution in [-0.2, 0) is 0 Å². The fourth-order valence-corrected chi connectivity index (χ4v) is 1.29. The molecule has 0 aliphatic heterocycles. The molecule has 0 aliphatic carbocycles. The molecule has 0 heterocycles. The monoisotopic (exact) mass is 240 g/mol. The molecule has 0 aliphatic rings. The quantitative estimate of drug-likeness (QED) is 0.828. The fraction of sp³-hybridized carbons (Fsp3) is 0.538. The lowest BCUT2D eigenvalue weighted by Crippen LogP contribution is -2.31. The van der Waals surface area contributed by atoms with E-state index in [0.29, 0.717) is 23.7 Å². The first-order valence-corrected chi connectivity index (χ1v) is 5.60. The number of benzene rings is 1. The first kappa shape index (κ1) is 13.6. The number of aliphatic hydroxyl groups is 1. The van der Waals surface area contributed by atoms with E-state index in [-0.39, 0.29) is 6.61 Å². The van der Waals surface area contributed by atoms with Crippen molar-refractivity contribution in [2.45, 2.75) is 25.9 Å². The molecule has 0 saturated heterocycles. The SMILES string of the molecule is CCC(C)(O)COc1c(OC)cccc1OC. The molecule has 96 valence electrons. The third kappa shape index (κ3) is 3.53. The topological polar surface area (TPSA) is 47.9 Å². The summed E-state index contributed by atoms with van der Waals surface area (Å²) in [5.41, 5.74) is -0.855. The van der Waals surface area contributed by atoms with Gasteiger partial charge in [-0.2, -0.15) is 0 Å². The zero-order valence-corrected chi connectivity index (χ0v) is 10.8. The van der Waals surface area contributed by atoms with E-state index in [1.165, 1.54) is 0 Å². The summed E-state index contributed by atoms with van der Waals surface area (Å²) >= 11 is 0. The van der Waals surface area contributed by atoms with Gasteiger partial charge in [0.1, 0.15) is 6.61 Å². The molecular weight excluding hydrogens is 220 g/mol. The average molecular weight is 240 g/mol. The van der Waals surface area contributed by atoms with Crippen LogP contribution in [0.4, 0.5) is 0 Å². The Morgan fingerprint density at radius 1 is 1.18 bits per heavy atom. The van der Waals surface area contributed by atoms with Gasteiger partial charge in [-0.25, -0.2) is 0 Å². The standard InChI is InChI=1S/C13H20O4/c1-5-13(2,14)9-17-12-10(15-3)7-6-8-11(12)16-4/h6-8,14H,5,9H2,1-4H3. The number of ether oxygens (including phenoxy) is 3. The van der Waals surface area contributed by atoms with Crippen LogP contribution in [0.5, 0.6) is 17.2 Å². The van der Waals surface area contributed by atoms with Gasteiger partial charge in [0.25, 0.3) is 0 Å². The lowest BCUT2D eigenvalue weighted by molar-refractivity contribution is 0.00700. The Kier molecular flexibility index (Phi) is 4.63. The Hall–Kier alpha value is -1.42. The second-order valence-corrected chi connectivity index (χ2v) is 4.13. The van der Waals surface area contributed by atoms with E-state index in [1.54, 1.807) is 33.3 Å². The molecule has 1 unspecified atom stereocenters. The van der Waals surface area contributed by atoms with E-state index >= 15 is 0 Å². The lowest BCUT2D eigenvalue weighted by atomic mass is 10.1. The molecule has 0 amide bonds. The van der Waals surface area contributed by atoms with E-state index in [4.69, 9.17) is 14.2 Å². The van der Waals surface area contributed by atoms with Gasteiger partial charge in [-0.15, -0.1) is 0 Å². The maximum absolute atomic E-state index is 9.91. The van der Waals surface area contributed by atoms with Crippen LogP contribution in [0.3, 0.4) is 0 Å². The van der Waals surface area contributed by atoms with Crippen molar-refractivity contribution >= 4 is 0 Å². The van der Waals surface area contributed by atoms with Gasteiger partial charge in [0.2, 0.25) is 5.75 Å². The second-order valence-electron chi connectivity index (χ2n) is 4.13. The van der Waals surface area contributed by atoms with Crippen LogP contribution in [-0.4, -0.2) is 31.5 Å². The molecule has 1 N–H and O–H groups in total. The van der Waals surface area contributed by atoms with Crippen molar-refractivity contribution in [3.63, 3.8) is 0 Å². The number of hydrogen-bond donors (Lipinski definition) is 1. The maximum Gasteiger partial charge on any atom is 0.203 e. The molecule has 0 spiro atoms. The number of methoxy groups -OCH3 is 2. The molecule has 4 heteroatoms. The largest absolute Gasteiger partial charge is 0.493 e. The van der Waals surface area contributed by atoms with Crippen LogP contribution >= 0.6 is 0 Å². The molecule has 0 bridgehead atoms. The van der Waals surface area contributed by atoms with Crippen LogP contribution in [0.25, 0.3) is 0 Å². The van der Waals surface area contributed by atoms with Gasteiger partial charge < -0.3 is 19.3 Å². The Labute approximate surface area is 102 Å². The predicted molar refractivity (Wildman–Crippen MR) is 66.0 cm³/mol. The van der Waals surface area contributed by atoms with E-state index in [9.17, 15) is 5.11 Å². The summed E-state index contributed by atoms with van der Waals surface area (Å²) < 4.78 is 16.0. The number of hydrogen-bond acceptors (Lipinski definition) is 4. The first-order valence-electron chi connectivity index (χ1n) is 5.60. The average Bonchev–Trinajstić information content (AvgIpc) is 2.35. The summed E-state index contributed by atoms with van der Waals surface area (Å²) in [6, 6.07) is 5.40. The smallest absolute Gasteiger partial charge is 0.203 e. The lowest BCUT2D eigenvalue weighted by Gasteiger charge is -2.23. The van der Waals surface area contributed by atoms with E-state index < -0.39 is 5.60 Å². The zero-order valence-electron chi connectivity index (χ0n) is 10.8. The molecule has 1 atom stereocenters. The number of rotatable bonds is 6. The van der Waals surface area contributed by atoms with Crippen molar-refractivity contribution in [1.29, 1.82) is 0 Å². The van der Waals surface area contributed by atoms with Gasteiger partial charge in [0.05, 0.1) is 19.8 Å². The van der Waals surface area contributed by atoms with Crippen molar-refractivity contribution in [2.24, 2.45) is 0 Å². The Morgan fingerprint density at radius 2 is 1.71 bits per heavy atom. The molecular formula is C13H20O4. The van der Waals surface area contributed by atoms with Crippen LogP contribution in [0.1, 0.15) is 20.3 Å². The Balaban J connectivity index is 2.88. The van der Waals surface area contributed by atoms with Crippen molar-refractivity contribution in [3.8, 4) is 17.2 Å². The minimum absolute atomic E-state index is 0.195. The minimum atomic E-state index is -0.855. The Bertz CT molecular complexity index is 338. The zero-order chi connectivity index (χ0) is 12.9. The van der Waals surface area contributed by atoms with Crippen LogP contribution in [0.15, 0.2) is 18.2 Å². The summed E-state index contributed by atoms with van der Waals surface area (Å²) in [5.74, 6) is 1.71. The van der Waals surface area contributed by atoms with Crippen molar-refractivity contribution in [2.75, 3.05) is 20.8 Å². The summed E-state index contributed by atoms with van der Waals surface area (Å²) in [5, 5.41) is 9.91. The van der Waals surface area contributed by atoms with Gasteiger partial charge in [0, 0.05) is 0 Å². The highest BCUT2D eigenvalue weighted by Crippen LogP contribution is 2.37. The summed E-state index contributed by atoms with van der Waals surface area (Å²) in [6.07, 6.45) is 0.616. The molecule has 1 rings (SSSR count). The van der Waals surface area contributed by atoms with Crippen molar-refractivity contribution in [1.82, 2.24) is 0 Å². The molecule has 17 heavy (non-hydrogen) atoms.